The van der Waals surface area contributed by atoms with E-state index >= 15 is 0 Å². The van der Waals surface area contributed by atoms with Crippen LogP contribution in [0.3, 0.4) is 0 Å². The summed E-state index contributed by atoms with van der Waals surface area (Å²) in [4.78, 5) is 3.99. The minimum absolute atomic E-state index is 0.0664. The number of aromatic hydroxyl groups is 1. The molecule has 5 nitrogen and oxygen atoms in total. The van der Waals surface area contributed by atoms with Crippen molar-refractivity contribution in [2.24, 2.45) is 0 Å². The standard InChI is InChI=1S/C11H11FN2O3/c1-2-16-6-10-13-11(17-14-10)8-5-7(12)3-4-9(8)15/h3-5,15H,2,6H2,1H3. The number of phenols is 1. The Bertz CT molecular complexity index is 513. The van der Waals surface area contributed by atoms with Gasteiger partial charge >= 0.3 is 0 Å². The molecule has 0 atom stereocenters. The van der Waals surface area contributed by atoms with Gasteiger partial charge in [-0.3, -0.25) is 0 Å². The van der Waals surface area contributed by atoms with Gasteiger partial charge in [0.2, 0.25) is 0 Å². The van der Waals surface area contributed by atoms with Crippen LogP contribution in [0.15, 0.2) is 22.7 Å². The topological polar surface area (TPSA) is 68.4 Å². The largest absolute Gasteiger partial charge is 0.507 e. The third-order valence-corrected chi connectivity index (χ3v) is 2.09. The van der Waals surface area contributed by atoms with Crippen molar-refractivity contribution in [1.29, 1.82) is 0 Å². The van der Waals surface area contributed by atoms with Gasteiger partial charge in [-0.15, -0.1) is 0 Å². The fourth-order valence-electron chi connectivity index (χ4n) is 1.29. The van der Waals surface area contributed by atoms with Gasteiger partial charge in [0.05, 0.1) is 5.56 Å². The Labute approximate surface area is 96.8 Å². The Balaban J connectivity index is 2.27. The highest BCUT2D eigenvalue weighted by atomic mass is 19.1. The highest BCUT2D eigenvalue weighted by Gasteiger charge is 2.13. The fourth-order valence-corrected chi connectivity index (χ4v) is 1.29. The summed E-state index contributed by atoms with van der Waals surface area (Å²) in [5, 5.41) is 13.2. The number of halogens is 1. The lowest BCUT2D eigenvalue weighted by atomic mass is 10.2. The number of hydrogen-bond donors (Lipinski definition) is 1. The molecule has 0 bridgehead atoms. The third kappa shape index (κ3) is 2.59. The first-order valence-corrected chi connectivity index (χ1v) is 5.10. The van der Waals surface area contributed by atoms with E-state index in [0.717, 1.165) is 12.1 Å². The Morgan fingerprint density at radius 1 is 1.47 bits per heavy atom. The Kier molecular flexibility index (Phi) is 3.34. The van der Waals surface area contributed by atoms with Crippen LogP contribution in [0, 0.1) is 5.82 Å². The van der Waals surface area contributed by atoms with Crippen LogP contribution in [0.5, 0.6) is 5.75 Å². The second-order valence-electron chi connectivity index (χ2n) is 3.31. The van der Waals surface area contributed by atoms with E-state index in [9.17, 15) is 9.50 Å². The lowest BCUT2D eigenvalue weighted by molar-refractivity contribution is 0.126. The zero-order chi connectivity index (χ0) is 12.3. The van der Waals surface area contributed by atoms with Crippen molar-refractivity contribution in [1.82, 2.24) is 10.1 Å². The predicted octanol–water partition coefficient (Wildman–Crippen LogP) is 2.12. The predicted molar refractivity (Wildman–Crippen MR) is 56.7 cm³/mol. The van der Waals surface area contributed by atoms with Crippen LogP contribution < -0.4 is 0 Å². The smallest absolute Gasteiger partial charge is 0.261 e. The summed E-state index contributed by atoms with van der Waals surface area (Å²) in [5.74, 6) is -0.178. The summed E-state index contributed by atoms with van der Waals surface area (Å²) < 4.78 is 23.0. The third-order valence-electron chi connectivity index (χ3n) is 2.09. The van der Waals surface area contributed by atoms with Gasteiger partial charge in [-0.25, -0.2) is 4.39 Å². The average molecular weight is 238 g/mol. The maximum absolute atomic E-state index is 13.0. The van der Waals surface area contributed by atoms with Crippen molar-refractivity contribution < 1.29 is 18.8 Å². The molecule has 6 heteroatoms. The normalized spacial score (nSPS) is 10.7. The first kappa shape index (κ1) is 11.5. The lowest BCUT2D eigenvalue weighted by Crippen LogP contribution is -1.93. The highest BCUT2D eigenvalue weighted by Crippen LogP contribution is 2.28. The van der Waals surface area contributed by atoms with Crippen LogP contribution in [-0.4, -0.2) is 21.9 Å². The van der Waals surface area contributed by atoms with Crippen molar-refractivity contribution in [2.45, 2.75) is 13.5 Å². The molecule has 0 saturated carbocycles. The molecule has 90 valence electrons. The zero-order valence-corrected chi connectivity index (χ0v) is 9.18. The van der Waals surface area contributed by atoms with Crippen molar-refractivity contribution >= 4 is 0 Å². The van der Waals surface area contributed by atoms with Gasteiger partial charge in [0.25, 0.3) is 5.89 Å². The maximum Gasteiger partial charge on any atom is 0.261 e. The van der Waals surface area contributed by atoms with E-state index in [4.69, 9.17) is 9.26 Å². The van der Waals surface area contributed by atoms with E-state index in [1.807, 2.05) is 6.92 Å². The molecule has 17 heavy (non-hydrogen) atoms. The summed E-state index contributed by atoms with van der Waals surface area (Å²) >= 11 is 0. The number of rotatable bonds is 4. The van der Waals surface area contributed by atoms with Crippen molar-refractivity contribution in [2.75, 3.05) is 6.61 Å². The van der Waals surface area contributed by atoms with E-state index in [1.54, 1.807) is 0 Å². The summed E-state index contributed by atoms with van der Waals surface area (Å²) in [5.41, 5.74) is 0.167. The second kappa shape index (κ2) is 4.92. The fraction of sp³-hybridized carbons (Fsp3) is 0.273. The van der Waals surface area contributed by atoms with Crippen LogP contribution >= 0.6 is 0 Å². The molecule has 0 aliphatic heterocycles. The molecule has 1 aromatic heterocycles. The molecule has 0 radical (unpaired) electrons. The van der Waals surface area contributed by atoms with Gasteiger partial charge in [0.15, 0.2) is 5.82 Å². The maximum atomic E-state index is 13.0. The van der Waals surface area contributed by atoms with Crippen molar-refractivity contribution in [3.05, 3.63) is 29.8 Å². The van der Waals surface area contributed by atoms with Crippen LogP contribution in [0.25, 0.3) is 11.5 Å². The molecule has 0 amide bonds. The molecule has 0 spiro atoms. The summed E-state index contributed by atoms with van der Waals surface area (Å²) in [6.07, 6.45) is 0. The summed E-state index contributed by atoms with van der Waals surface area (Å²) in [6, 6.07) is 3.51. The molecule has 0 saturated heterocycles. The average Bonchev–Trinajstić information content (AvgIpc) is 2.78. The number of hydrogen-bond acceptors (Lipinski definition) is 5. The minimum atomic E-state index is -0.484. The molecular formula is C11H11FN2O3. The van der Waals surface area contributed by atoms with Crippen LogP contribution in [-0.2, 0) is 11.3 Å². The quantitative estimate of drug-likeness (QED) is 0.883. The molecule has 2 rings (SSSR count). The van der Waals surface area contributed by atoms with Gasteiger partial charge in [-0.05, 0) is 25.1 Å². The van der Waals surface area contributed by atoms with Gasteiger partial charge < -0.3 is 14.4 Å². The minimum Gasteiger partial charge on any atom is -0.507 e. The first-order chi connectivity index (χ1) is 8.20. The first-order valence-electron chi connectivity index (χ1n) is 5.10. The van der Waals surface area contributed by atoms with Crippen LogP contribution in [0.4, 0.5) is 4.39 Å². The molecule has 0 fully saturated rings. The van der Waals surface area contributed by atoms with Gasteiger partial charge in [-0.2, -0.15) is 4.98 Å². The number of aromatic nitrogens is 2. The Morgan fingerprint density at radius 3 is 3.06 bits per heavy atom. The number of ether oxygens (including phenoxy) is 1. The Morgan fingerprint density at radius 2 is 2.29 bits per heavy atom. The van der Waals surface area contributed by atoms with Crippen LogP contribution in [0.1, 0.15) is 12.7 Å². The van der Waals surface area contributed by atoms with E-state index in [1.165, 1.54) is 6.07 Å². The molecule has 2 aromatic rings. The monoisotopic (exact) mass is 238 g/mol. The molecule has 1 heterocycles. The number of phenolic OH excluding ortho intramolecular Hbond substituents is 1. The number of nitrogens with zero attached hydrogens (tertiary/aromatic N) is 2. The van der Waals surface area contributed by atoms with Gasteiger partial charge in [-0.1, -0.05) is 5.16 Å². The Hall–Kier alpha value is -1.95. The lowest BCUT2D eigenvalue weighted by Gasteiger charge is -1.98. The van der Waals surface area contributed by atoms with E-state index in [2.05, 4.69) is 10.1 Å². The van der Waals surface area contributed by atoms with E-state index in [0.29, 0.717) is 12.4 Å². The van der Waals surface area contributed by atoms with E-state index < -0.39 is 5.82 Å². The summed E-state index contributed by atoms with van der Waals surface area (Å²) in [6.45, 7) is 2.60. The SMILES string of the molecule is CCOCc1noc(-c2cc(F)ccc2O)n1. The molecule has 1 aromatic carbocycles. The van der Waals surface area contributed by atoms with Crippen molar-refractivity contribution in [3.63, 3.8) is 0 Å². The summed E-state index contributed by atoms with van der Waals surface area (Å²) in [7, 11) is 0. The molecule has 1 N–H and O–H groups in total. The van der Waals surface area contributed by atoms with Crippen molar-refractivity contribution in [3.8, 4) is 17.2 Å². The van der Waals surface area contributed by atoms with E-state index in [-0.39, 0.29) is 23.8 Å². The molecular weight excluding hydrogens is 227 g/mol. The highest BCUT2D eigenvalue weighted by molar-refractivity contribution is 5.61. The van der Waals surface area contributed by atoms with Crippen LogP contribution in [0.2, 0.25) is 0 Å². The number of benzene rings is 1. The van der Waals surface area contributed by atoms with Gasteiger partial charge in [0, 0.05) is 6.61 Å². The molecule has 0 aliphatic rings. The second-order valence-corrected chi connectivity index (χ2v) is 3.31. The zero-order valence-electron chi connectivity index (χ0n) is 9.18. The van der Waals surface area contributed by atoms with Gasteiger partial charge in [0.1, 0.15) is 18.2 Å². The molecule has 0 aliphatic carbocycles. The molecule has 0 unspecified atom stereocenters.